The van der Waals surface area contributed by atoms with Gasteiger partial charge in [0.1, 0.15) is 5.83 Å². The molecule has 0 aromatic rings. The van der Waals surface area contributed by atoms with Gasteiger partial charge >= 0.3 is 0 Å². The fourth-order valence-electron chi connectivity index (χ4n) is 1.21. The average molecular weight is 113 g/mol. The molecule has 1 fully saturated rings. The van der Waals surface area contributed by atoms with Crippen LogP contribution in [0.5, 0.6) is 0 Å². The molecular formula is C6H8FN. The van der Waals surface area contributed by atoms with Crippen LogP contribution in [0.15, 0.2) is 11.9 Å². The summed E-state index contributed by atoms with van der Waals surface area (Å²) in [5, 5.41) is 3.05. The molecule has 1 heterocycles. The van der Waals surface area contributed by atoms with Crippen LogP contribution < -0.4 is 5.32 Å². The first kappa shape index (κ1) is 4.50. The van der Waals surface area contributed by atoms with Crippen LogP contribution in [0.1, 0.15) is 6.42 Å². The molecule has 1 nitrogen and oxygen atoms in total. The number of hydrogen-bond acceptors (Lipinski definition) is 1. The largest absolute Gasteiger partial charge is 0.315 e. The Bertz CT molecular complexity index is 147. The maximum atomic E-state index is 12.4. The highest BCUT2D eigenvalue weighted by molar-refractivity contribution is 5.25. The number of hydrogen-bond donors (Lipinski definition) is 1. The van der Waals surface area contributed by atoms with Crippen LogP contribution in [-0.2, 0) is 0 Å². The standard InChI is InChI=1S/C6H8FN/c7-5-1-2-6(5)3-8-4-6/h1,8H,2-4H2. The Hall–Kier alpha value is -0.370. The number of halogens is 1. The second-order valence-corrected chi connectivity index (χ2v) is 2.64. The quantitative estimate of drug-likeness (QED) is 0.490. The molecule has 0 aromatic carbocycles. The lowest BCUT2D eigenvalue weighted by Crippen LogP contribution is -2.56. The first-order valence-corrected chi connectivity index (χ1v) is 2.90. The summed E-state index contributed by atoms with van der Waals surface area (Å²) in [4.78, 5) is 0. The smallest absolute Gasteiger partial charge is 0.105 e. The van der Waals surface area contributed by atoms with Crippen molar-refractivity contribution in [3.8, 4) is 0 Å². The molecule has 1 aliphatic heterocycles. The highest BCUT2D eigenvalue weighted by atomic mass is 19.1. The van der Waals surface area contributed by atoms with Gasteiger partial charge in [-0.3, -0.25) is 0 Å². The van der Waals surface area contributed by atoms with Crippen LogP contribution in [0.2, 0.25) is 0 Å². The van der Waals surface area contributed by atoms with E-state index in [0.29, 0.717) is 0 Å². The molecule has 1 saturated heterocycles. The van der Waals surface area contributed by atoms with Crippen molar-refractivity contribution in [2.24, 2.45) is 5.41 Å². The van der Waals surface area contributed by atoms with E-state index in [1.54, 1.807) is 6.08 Å². The number of rotatable bonds is 0. The third-order valence-corrected chi connectivity index (χ3v) is 2.11. The van der Waals surface area contributed by atoms with Crippen molar-refractivity contribution >= 4 is 0 Å². The minimum atomic E-state index is -0.0139. The lowest BCUT2D eigenvalue weighted by atomic mass is 9.70. The van der Waals surface area contributed by atoms with E-state index in [2.05, 4.69) is 5.32 Å². The molecule has 1 spiro atoms. The van der Waals surface area contributed by atoms with Gasteiger partial charge in [0.15, 0.2) is 0 Å². The summed E-state index contributed by atoms with van der Waals surface area (Å²) in [6, 6.07) is 0. The van der Waals surface area contributed by atoms with Crippen molar-refractivity contribution in [3.63, 3.8) is 0 Å². The van der Waals surface area contributed by atoms with Crippen LogP contribution in [0.4, 0.5) is 4.39 Å². The van der Waals surface area contributed by atoms with Gasteiger partial charge in [0.05, 0.1) is 5.41 Å². The summed E-state index contributed by atoms with van der Waals surface area (Å²) in [6.45, 7) is 1.71. The number of nitrogens with one attached hydrogen (secondary N) is 1. The Labute approximate surface area is 47.6 Å². The Kier molecular flexibility index (Phi) is 0.637. The highest BCUT2D eigenvalue weighted by Gasteiger charge is 2.45. The van der Waals surface area contributed by atoms with Gasteiger partial charge in [0.2, 0.25) is 0 Å². The van der Waals surface area contributed by atoms with Crippen LogP contribution in [-0.4, -0.2) is 13.1 Å². The van der Waals surface area contributed by atoms with Crippen LogP contribution >= 0.6 is 0 Å². The SMILES string of the molecule is FC1=CCC12CNC2. The van der Waals surface area contributed by atoms with E-state index in [0.717, 1.165) is 19.5 Å². The first-order chi connectivity index (χ1) is 3.83. The zero-order valence-electron chi connectivity index (χ0n) is 4.58. The lowest BCUT2D eigenvalue weighted by molar-refractivity contribution is 0.149. The summed E-state index contributed by atoms with van der Waals surface area (Å²) < 4.78 is 12.4. The fourth-order valence-corrected chi connectivity index (χ4v) is 1.21. The van der Waals surface area contributed by atoms with E-state index >= 15 is 0 Å². The van der Waals surface area contributed by atoms with Crippen molar-refractivity contribution in [3.05, 3.63) is 11.9 Å². The molecule has 0 amide bonds. The van der Waals surface area contributed by atoms with E-state index in [-0.39, 0.29) is 11.2 Å². The molecule has 44 valence electrons. The molecule has 2 heteroatoms. The van der Waals surface area contributed by atoms with Crippen LogP contribution in [0.25, 0.3) is 0 Å². The molecule has 0 unspecified atom stereocenters. The van der Waals surface area contributed by atoms with E-state index < -0.39 is 0 Å². The molecule has 0 saturated carbocycles. The molecular weight excluding hydrogens is 105 g/mol. The van der Waals surface area contributed by atoms with Crippen LogP contribution in [0, 0.1) is 5.41 Å². The number of allylic oxidation sites excluding steroid dienone is 1. The maximum Gasteiger partial charge on any atom is 0.105 e. The summed E-state index contributed by atoms with van der Waals surface area (Å²) in [6.07, 6.45) is 2.62. The molecule has 8 heavy (non-hydrogen) atoms. The Morgan fingerprint density at radius 1 is 1.62 bits per heavy atom. The highest BCUT2D eigenvalue weighted by Crippen LogP contribution is 2.44. The normalized spacial score (nSPS) is 30.9. The van der Waals surface area contributed by atoms with Crippen LogP contribution in [0.3, 0.4) is 0 Å². The summed E-state index contributed by atoms with van der Waals surface area (Å²) in [5.41, 5.74) is -0.0139. The molecule has 0 aromatic heterocycles. The summed E-state index contributed by atoms with van der Waals surface area (Å²) in [5.74, 6) is 0.108. The zero-order chi connectivity index (χ0) is 5.61. The predicted octanol–water partition coefficient (Wildman–Crippen LogP) is 0.833. The Balaban J connectivity index is 2.18. The maximum absolute atomic E-state index is 12.4. The van der Waals surface area contributed by atoms with Gasteiger partial charge < -0.3 is 5.32 Å². The van der Waals surface area contributed by atoms with E-state index in [9.17, 15) is 4.39 Å². The van der Waals surface area contributed by atoms with Crippen molar-refractivity contribution in [2.75, 3.05) is 13.1 Å². The van der Waals surface area contributed by atoms with E-state index in [4.69, 9.17) is 0 Å². The Morgan fingerprint density at radius 2 is 2.38 bits per heavy atom. The van der Waals surface area contributed by atoms with Gasteiger partial charge in [-0.2, -0.15) is 0 Å². The van der Waals surface area contributed by atoms with E-state index in [1.165, 1.54) is 0 Å². The molecule has 1 N–H and O–H groups in total. The monoisotopic (exact) mass is 113 g/mol. The van der Waals surface area contributed by atoms with Gasteiger partial charge in [0, 0.05) is 13.1 Å². The van der Waals surface area contributed by atoms with Gasteiger partial charge in [-0.15, -0.1) is 0 Å². The molecule has 2 rings (SSSR count). The van der Waals surface area contributed by atoms with Gasteiger partial charge in [0.25, 0.3) is 0 Å². The van der Waals surface area contributed by atoms with E-state index in [1.807, 2.05) is 0 Å². The zero-order valence-corrected chi connectivity index (χ0v) is 4.58. The van der Waals surface area contributed by atoms with Crippen molar-refractivity contribution in [1.29, 1.82) is 0 Å². The minimum Gasteiger partial charge on any atom is -0.315 e. The lowest BCUT2D eigenvalue weighted by Gasteiger charge is -2.45. The fraction of sp³-hybridized carbons (Fsp3) is 0.667. The van der Waals surface area contributed by atoms with Crippen molar-refractivity contribution in [1.82, 2.24) is 5.32 Å². The van der Waals surface area contributed by atoms with Crippen molar-refractivity contribution in [2.45, 2.75) is 6.42 Å². The molecule has 0 bridgehead atoms. The molecule has 2 aliphatic rings. The summed E-state index contributed by atoms with van der Waals surface area (Å²) in [7, 11) is 0. The molecule has 0 radical (unpaired) electrons. The van der Waals surface area contributed by atoms with Gasteiger partial charge in [-0.05, 0) is 6.42 Å². The average Bonchev–Trinajstić information content (AvgIpc) is 1.58. The second-order valence-electron chi connectivity index (χ2n) is 2.64. The minimum absolute atomic E-state index is 0.0139. The van der Waals surface area contributed by atoms with Gasteiger partial charge in [-0.1, -0.05) is 6.08 Å². The second kappa shape index (κ2) is 1.13. The predicted molar refractivity (Wildman–Crippen MR) is 29.1 cm³/mol. The molecule has 0 atom stereocenters. The topological polar surface area (TPSA) is 12.0 Å². The summed E-state index contributed by atoms with van der Waals surface area (Å²) >= 11 is 0. The third-order valence-electron chi connectivity index (χ3n) is 2.11. The Morgan fingerprint density at radius 3 is 2.38 bits per heavy atom. The third kappa shape index (κ3) is 0.313. The van der Waals surface area contributed by atoms with Crippen molar-refractivity contribution < 1.29 is 4.39 Å². The first-order valence-electron chi connectivity index (χ1n) is 2.90. The van der Waals surface area contributed by atoms with Gasteiger partial charge in [-0.25, -0.2) is 4.39 Å². The molecule has 1 aliphatic carbocycles.